The molecule has 5 heteroatoms. The van der Waals surface area contributed by atoms with E-state index in [1.165, 1.54) is 16.9 Å². The number of fused-ring (bicyclic) bond motifs is 1. The van der Waals surface area contributed by atoms with Gasteiger partial charge in [-0.1, -0.05) is 37.3 Å². The van der Waals surface area contributed by atoms with Crippen LogP contribution >= 0.6 is 11.3 Å². The Morgan fingerprint density at radius 2 is 1.92 bits per heavy atom. The quantitative estimate of drug-likeness (QED) is 0.831. The fourth-order valence-electron chi connectivity index (χ4n) is 3.64. The normalized spacial score (nSPS) is 20.4. The van der Waals surface area contributed by atoms with Crippen molar-refractivity contribution in [2.75, 3.05) is 0 Å². The van der Waals surface area contributed by atoms with E-state index in [1.54, 1.807) is 11.3 Å². The van der Waals surface area contributed by atoms with Crippen molar-refractivity contribution in [2.45, 2.75) is 44.4 Å². The highest BCUT2D eigenvalue weighted by Crippen LogP contribution is 2.48. The lowest BCUT2D eigenvalue weighted by atomic mass is 9.90. The van der Waals surface area contributed by atoms with E-state index in [0.717, 1.165) is 31.2 Å². The number of nitrogens with one attached hydrogen (secondary N) is 2. The minimum absolute atomic E-state index is 0.123. The van der Waals surface area contributed by atoms with Crippen molar-refractivity contribution in [1.82, 2.24) is 10.9 Å². The lowest BCUT2D eigenvalue weighted by molar-refractivity contribution is -0.124. The van der Waals surface area contributed by atoms with Gasteiger partial charge in [-0.05, 0) is 55.2 Å². The summed E-state index contributed by atoms with van der Waals surface area (Å²) >= 11 is 1.55. The number of amides is 2. The molecule has 1 heterocycles. The van der Waals surface area contributed by atoms with Gasteiger partial charge in [0, 0.05) is 4.88 Å². The second-order valence-corrected chi connectivity index (χ2v) is 8.40. The van der Waals surface area contributed by atoms with E-state index in [0.29, 0.717) is 10.8 Å². The fraction of sp³-hybridized carbons (Fsp3) is 0.400. The molecule has 2 aliphatic rings. The highest BCUT2D eigenvalue weighted by molar-refractivity contribution is 7.14. The van der Waals surface area contributed by atoms with Gasteiger partial charge < -0.3 is 0 Å². The van der Waals surface area contributed by atoms with E-state index >= 15 is 0 Å². The first-order chi connectivity index (χ1) is 12.1. The maximum atomic E-state index is 12.6. The van der Waals surface area contributed by atoms with Gasteiger partial charge in [0.25, 0.3) is 5.91 Å². The Bertz CT molecular complexity index is 808. The average molecular weight is 354 g/mol. The van der Waals surface area contributed by atoms with E-state index in [2.05, 4.69) is 17.8 Å². The lowest BCUT2D eigenvalue weighted by Crippen LogP contribution is -2.46. The minimum Gasteiger partial charge on any atom is -0.272 e. The Morgan fingerprint density at radius 3 is 2.64 bits per heavy atom. The zero-order valence-corrected chi connectivity index (χ0v) is 15.1. The van der Waals surface area contributed by atoms with Crippen LogP contribution in [-0.2, 0) is 23.1 Å². The fourth-order valence-corrected chi connectivity index (χ4v) is 4.75. The molecule has 130 valence electrons. The summed E-state index contributed by atoms with van der Waals surface area (Å²) in [4.78, 5) is 27.0. The predicted octanol–water partition coefficient (Wildman–Crippen LogP) is 3.37. The van der Waals surface area contributed by atoms with Crippen molar-refractivity contribution in [1.29, 1.82) is 0 Å². The van der Waals surface area contributed by atoms with Gasteiger partial charge in [-0.2, -0.15) is 0 Å². The molecule has 4 rings (SSSR count). The molecule has 0 aliphatic heterocycles. The topological polar surface area (TPSA) is 58.2 Å². The monoisotopic (exact) mass is 354 g/mol. The third-order valence-electron chi connectivity index (χ3n) is 5.35. The van der Waals surface area contributed by atoms with Crippen LogP contribution in [0.15, 0.2) is 36.4 Å². The van der Waals surface area contributed by atoms with Gasteiger partial charge in [0.05, 0.1) is 10.3 Å². The summed E-state index contributed by atoms with van der Waals surface area (Å²) in [6.07, 6.45) is 4.93. The van der Waals surface area contributed by atoms with Crippen LogP contribution < -0.4 is 10.9 Å². The molecule has 2 N–H and O–H groups in total. The largest absolute Gasteiger partial charge is 0.279 e. The van der Waals surface area contributed by atoms with Gasteiger partial charge in [-0.3, -0.25) is 20.4 Å². The molecule has 1 fully saturated rings. The number of hydrogen-bond donors (Lipinski definition) is 2. The summed E-state index contributed by atoms with van der Waals surface area (Å²) < 4.78 is 0. The molecule has 0 bridgehead atoms. The number of carbonyl (C=O) groups is 2. The van der Waals surface area contributed by atoms with Gasteiger partial charge in [-0.25, -0.2) is 0 Å². The number of carbonyl (C=O) groups excluding carboxylic acids is 2. The van der Waals surface area contributed by atoms with Gasteiger partial charge in [-0.15, -0.1) is 11.3 Å². The number of thiophene rings is 1. The van der Waals surface area contributed by atoms with Crippen LogP contribution in [0.4, 0.5) is 0 Å². The van der Waals surface area contributed by atoms with E-state index in [1.807, 2.05) is 36.4 Å². The SMILES string of the molecule is CC1CCc2sc(C(=O)NNC(=O)C3(c4ccccc4)CC3)cc2C1. The molecular formula is C20H22N2O2S. The Balaban J connectivity index is 1.40. The van der Waals surface area contributed by atoms with E-state index in [9.17, 15) is 9.59 Å². The molecule has 0 radical (unpaired) electrons. The van der Waals surface area contributed by atoms with Crippen LogP contribution in [0.1, 0.15) is 51.9 Å². The third-order valence-corrected chi connectivity index (χ3v) is 6.59. The van der Waals surface area contributed by atoms with E-state index in [4.69, 9.17) is 0 Å². The molecule has 1 atom stereocenters. The van der Waals surface area contributed by atoms with Crippen LogP contribution in [0.3, 0.4) is 0 Å². The summed E-state index contributed by atoms with van der Waals surface area (Å²) in [6, 6.07) is 11.8. The second-order valence-electron chi connectivity index (χ2n) is 7.26. The third kappa shape index (κ3) is 3.09. The van der Waals surface area contributed by atoms with E-state index in [-0.39, 0.29) is 11.8 Å². The molecule has 2 aromatic rings. The molecule has 1 unspecified atom stereocenters. The molecule has 0 saturated heterocycles. The van der Waals surface area contributed by atoms with Crippen molar-refractivity contribution in [3.63, 3.8) is 0 Å². The van der Waals surface area contributed by atoms with Gasteiger partial charge in [0.2, 0.25) is 5.91 Å². The first kappa shape index (κ1) is 16.3. The predicted molar refractivity (Wildman–Crippen MR) is 98.5 cm³/mol. The van der Waals surface area contributed by atoms with Gasteiger partial charge in [0.1, 0.15) is 0 Å². The Hall–Kier alpha value is -2.14. The zero-order valence-electron chi connectivity index (χ0n) is 14.3. The molecular weight excluding hydrogens is 332 g/mol. The summed E-state index contributed by atoms with van der Waals surface area (Å²) in [5.74, 6) is 0.338. The maximum absolute atomic E-state index is 12.6. The van der Waals surface area contributed by atoms with Crippen molar-refractivity contribution in [3.8, 4) is 0 Å². The molecule has 2 aliphatic carbocycles. The molecule has 1 aromatic heterocycles. The Kier molecular flexibility index (Phi) is 4.12. The summed E-state index contributed by atoms with van der Waals surface area (Å²) in [5.41, 5.74) is 7.08. The molecule has 25 heavy (non-hydrogen) atoms. The van der Waals surface area contributed by atoms with Gasteiger partial charge >= 0.3 is 0 Å². The van der Waals surface area contributed by atoms with Crippen molar-refractivity contribution < 1.29 is 9.59 Å². The molecule has 2 amide bonds. The average Bonchev–Trinajstić information content (AvgIpc) is 3.34. The second kappa shape index (κ2) is 6.30. The number of benzene rings is 1. The summed E-state index contributed by atoms with van der Waals surface area (Å²) in [5, 5.41) is 0. The highest BCUT2D eigenvalue weighted by Gasteiger charge is 2.51. The number of hydrogen-bond acceptors (Lipinski definition) is 3. The lowest BCUT2D eigenvalue weighted by Gasteiger charge is -2.16. The first-order valence-corrected chi connectivity index (χ1v) is 9.68. The van der Waals surface area contributed by atoms with Crippen LogP contribution in [-0.4, -0.2) is 11.8 Å². The zero-order chi connectivity index (χ0) is 17.4. The molecule has 1 saturated carbocycles. The van der Waals surface area contributed by atoms with Gasteiger partial charge in [0.15, 0.2) is 0 Å². The van der Waals surface area contributed by atoms with Crippen LogP contribution in [0.2, 0.25) is 0 Å². The standard InChI is InChI=1S/C20H22N2O2S/c1-13-7-8-16-14(11-13)12-17(25-16)18(23)21-22-19(24)20(9-10-20)15-5-3-2-4-6-15/h2-6,12-13H,7-11H2,1H3,(H,21,23)(H,22,24). The van der Waals surface area contributed by atoms with Crippen LogP contribution in [0.5, 0.6) is 0 Å². The molecule has 0 spiro atoms. The Labute approximate surface area is 151 Å². The molecule has 4 nitrogen and oxygen atoms in total. The van der Waals surface area contributed by atoms with E-state index < -0.39 is 5.41 Å². The van der Waals surface area contributed by atoms with Crippen molar-refractivity contribution in [3.05, 3.63) is 57.3 Å². The summed E-state index contributed by atoms with van der Waals surface area (Å²) in [6.45, 7) is 2.25. The summed E-state index contributed by atoms with van der Waals surface area (Å²) in [7, 11) is 0. The highest BCUT2D eigenvalue weighted by atomic mass is 32.1. The first-order valence-electron chi connectivity index (χ1n) is 8.86. The minimum atomic E-state index is -0.474. The van der Waals surface area contributed by atoms with Crippen molar-refractivity contribution in [2.24, 2.45) is 5.92 Å². The number of rotatable bonds is 3. The maximum Gasteiger partial charge on any atom is 0.279 e. The van der Waals surface area contributed by atoms with Crippen molar-refractivity contribution >= 4 is 23.2 Å². The smallest absolute Gasteiger partial charge is 0.272 e. The van der Waals surface area contributed by atoms with Crippen LogP contribution in [0, 0.1) is 5.92 Å². The number of hydrazine groups is 1. The Morgan fingerprint density at radius 1 is 1.16 bits per heavy atom. The number of aryl methyl sites for hydroxylation is 1. The van der Waals surface area contributed by atoms with Crippen LogP contribution in [0.25, 0.3) is 0 Å². The molecule has 1 aromatic carbocycles.